The second-order valence-electron chi connectivity index (χ2n) is 5.75. The minimum absolute atomic E-state index is 0.564. The van der Waals surface area contributed by atoms with E-state index in [1.165, 1.54) is 38.6 Å². The summed E-state index contributed by atoms with van der Waals surface area (Å²) in [6.45, 7) is 8.87. The van der Waals surface area contributed by atoms with E-state index in [9.17, 15) is 0 Å². The Morgan fingerprint density at radius 2 is 2.24 bits per heavy atom. The molecule has 100 valence electrons. The van der Waals surface area contributed by atoms with E-state index in [1.54, 1.807) is 0 Å². The van der Waals surface area contributed by atoms with Crippen LogP contribution >= 0.6 is 0 Å². The van der Waals surface area contributed by atoms with Crippen molar-refractivity contribution in [1.29, 1.82) is 0 Å². The van der Waals surface area contributed by atoms with Crippen molar-refractivity contribution < 1.29 is 4.74 Å². The third kappa shape index (κ3) is 3.94. The van der Waals surface area contributed by atoms with E-state index in [4.69, 9.17) is 4.74 Å². The fraction of sp³-hybridized carbons (Fsp3) is 1.00. The summed E-state index contributed by atoms with van der Waals surface area (Å²) in [6, 6.07) is 2.01. The summed E-state index contributed by atoms with van der Waals surface area (Å²) in [4.78, 5) is 2.71. The highest BCUT2D eigenvalue weighted by Crippen LogP contribution is 2.21. The Morgan fingerprint density at radius 1 is 1.35 bits per heavy atom. The highest BCUT2D eigenvalue weighted by Gasteiger charge is 2.25. The van der Waals surface area contributed by atoms with E-state index in [1.807, 2.05) is 0 Å². The van der Waals surface area contributed by atoms with Gasteiger partial charge in [-0.1, -0.05) is 12.8 Å². The van der Waals surface area contributed by atoms with Crippen LogP contribution in [0, 0.1) is 0 Å². The van der Waals surface area contributed by atoms with Crippen LogP contribution in [0.4, 0.5) is 0 Å². The zero-order valence-corrected chi connectivity index (χ0v) is 11.5. The van der Waals surface area contributed by atoms with Gasteiger partial charge >= 0.3 is 0 Å². The molecular weight excluding hydrogens is 212 g/mol. The molecule has 3 nitrogen and oxygen atoms in total. The molecule has 3 heteroatoms. The predicted octanol–water partition coefficient (Wildman–Crippen LogP) is 2.02. The molecule has 0 aromatic rings. The molecule has 0 spiro atoms. The van der Waals surface area contributed by atoms with Gasteiger partial charge in [-0.2, -0.15) is 0 Å². The van der Waals surface area contributed by atoms with Crippen LogP contribution in [0.2, 0.25) is 0 Å². The van der Waals surface area contributed by atoms with Crippen LogP contribution in [0.15, 0.2) is 0 Å². The lowest BCUT2D eigenvalue weighted by Gasteiger charge is -2.36. The van der Waals surface area contributed by atoms with Gasteiger partial charge in [-0.3, -0.25) is 4.90 Å². The van der Waals surface area contributed by atoms with Gasteiger partial charge in [-0.05, 0) is 39.7 Å². The number of nitrogens with one attached hydrogen (secondary N) is 1. The van der Waals surface area contributed by atoms with E-state index in [2.05, 4.69) is 24.1 Å². The lowest BCUT2D eigenvalue weighted by Crippen LogP contribution is -2.47. The third-order valence-electron chi connectivity index (χ3n) is 4.29. The summed E-state index contributed by atoms with van der Waals surface area (Å²) in [5, 5.41) is 3.57. The van der Waals surface area contributed by atoms with Crippen molar-refractivity contribution in [3.8, 4) is 0 Å². The molecule has 0 saturated carbocycles. The normalized spacial score (nSPS) is 34.2. The summed E-state index contributed by atoms with van der Waals surface area (Å²) in [6.07, 6.45) is 6.81. The summed E-state index contributed by atoms with van der Waals surface area (Å²) < 4.78 is 5.54. The van der Waals surface area contributed by atoms with Gasteiger partial charge in [-0.25, -0.2) is 0 Å². The molecular formula is C14H28N2O. The largest absolute Gasteiger partial charge is 0.379 e. The summed E-state index contributed by atoms with van der Waals surface area (Å²) in [5.74, 6) is 0. The maximum absolute atomic E-state index is 5.54. The fourth-order valence-electron chi connectivity index (χ4n) is 3.27. The Kier molecular flexibility index (Phi) is 5.26. The molecule has 17 heavy (non-hydrogen) atoms. The van der Waals surface area contributed by atoms with Crippen LogP contribution in [-0.2, 0) is 4.74 Å². The number of likely N-dealkylation sites (tertiary alicyclic amines) is 1. The van der Waals surface area contributed by atoms with Crippen LogP contribution in [0.5, 0.6) is 0 Å². The van der Waals surface area contributed by atoms with E-state index < -0.39 is 0 Å². The first-order chi connectivity index (χ1) is 8.27. The monoisotopic (exact) mass is 240 g/mol. The third-order valence-corrected chi connectivity index (χ3v) is 4.29. The van der Waals surface area contributed by atoms with Crippen LogP contribution in [-0.4, -0.2) is 49.3 Å². The van der Waals surface area contributed by atoms with Crippen LogP contribution in [0.25, 0.3) is 0 Å². The van der Waals surface area contributed by atoms with Crippen LogP contribution in [0.1, 0.15) is 46.0 Å². The van der Waals surface area contributed by atoms with Gasteiger partial charge in [0.25, 0.3) is 0 Å². The number of nitrogens with zero attached hydrogens (tertiary/aromatic N) is 1. The van der Waals surface area contributed by atoms with Crippen molar-refractivity contribution in [1.82, 2.24) is 10.2 Å². The predicted molar refractivity (Wildman–Crippen MR) is 71.3 cm³/mol. The summed E-state index contributed by atoms with van der Waals surface area (Å²) in [5.41, 5.74) is 0. The standard InChI is InChI=1S/C14H28N2O/c1-12-6-4-3-5-8-16(12)13(2)10-14-11-17-9-7-15-14/h12-15H,3-11H2,1-2H3. The molecule has 0 aliphatic carbocycles. The van der Waals surface area contributed by atoms with E-state index in [0.717, 1.165) is 25.8 Å². The Morgan fingerprint density at radius 3 is 3.00 bits per heavy atom. The van der Waals surface area contributed by atoms with Gasteiger partial charge in [-0.15, -0.1) is 0 Å². The Balaban J connectivity index is 1.81. The first-order valence-corrected chi connectivity index (χ1v) is 7.34. The second-order valence-corrected chi connectivity index (χ2v) is 5.75. The zero-order chi connectivity index (χ0) is 12.1. The minimum Gasteiger partial charge on any atom is -0.379 e. The van der Waals surface area contributed by atoms with Crippen molar-refractivity contribution >= 4 is 0 Å². The van der Waals surface area contributed by atoms with Crippen molar-refractivity contribution in [3.63, 3.8) is 0 Å². The molecule has 0 aromatic heterocycles. The molecule has 0 amide bonds. The Bertz CT molecular complexity index is 216. The highest BCUT2D eigenvalue weighted by molar-refractivity contribution is 4.81. The Hall–Kier alpha value is -0.120. The molecule has 3 atom stereocenters. The maximum atomic E-state index is 5.54. The van der Waals surface area contributed by atoms with Gasteiger partial charge in [0.15, 0.2) is 0 Å². The molecule has 0 bridgehead atoms. The minimum atomic E-state index is 0.564. The average molecular weight is 240 g/mol. The molecule has 2 rings (SSSR count). The summed E-state index contributed by atoms with van der Waals surface area (Å²) >= 11 is 0. The molecule has 0 radical (unpaired) electrons. The highest BCUT2D eigenvalue weighted by atomic mass is 16.5. The molecule has 2 aliphatic heterocycles. The van der Waals surface area contributed by atoms with E-state index in [0.29, 0.717) is 12.1 Å². The van der Waals surface area contributed by atoms with Gasteiger partial charge in [0.2, 0.25) is 0 Å². The molecule has 0 aromatic carbocycles. The number of morpholine rings is 1. The molecule has 1 N–H and O–H groups in total. The number of hydrogen-bond donors (Lipinski definition) is 1. The lowest BCUT2D eigenvalue weighted by molar-refractivity contribution is 0.0567. The molecule has 2 heterocycles. The number of ether oxygens (including phenoxy) is 1. The summed E-state index contributed by atoms with van der Waals surface area (Å²) in [7, 11) is 0. The van der Waals surface area contributed by atoms with Crippen molar-refractivity contribution in [2.75, 3.05) is 26.3 Å². The number of rotatable bonds is 3. The molecule has 2 aliphatic rings. The topological polar surface area (TPSA) is 24.5 Å². The van der Waals surface area contributed by atoms with E-state index >= 15 is 0 Å². The molecule has 3 unspecified atom stereocenters. The van der Waals surface area contributed by atoms with Crippen molar-refractivity contribution in [2.45, 2.75) is 64.1 Å². The van der Waals surface area contributed by atoms with Crippen molar-refractivity contribution in [3.05, 3.63) is 0 Å². The maximum Gasteiger partial charge on any atom is 0.0620 e. The van der Waals surface area contributed by atoms with Gasteiger partial charge in [0.05, 0.1) is 13.2 Å². The quantitative estimate of drug-likeness (QED) is 0.817. The second kappa shape index (κ2) is 6.72. The fourth-order valence-corrected chi connectivity index (χ4v) is 3.27. The first-order valence-electron chi connectivity index (χ1n) is 7.34. The Labute approximate surface area is 106 Å². The van der Waals surface area contributed by atoms with Gasteiger partial charge in [0, 0.05) is 24.7 Å². The zero-order valence-electron chi connectivity index (χ0n) is 11.5. The molecule has 2 fully saturated rings. The smallest absolute Gasteiger partial charge is 0.0620 e. The van der Waals surface area contributed by atoms with Crippen LogP contribution in [0.3, 0.4) is 0 Å². The average Bonchev–Trinajstić information content (AvgIpc) is 2.55. The van der Waals surface area contributed by atoms with Crippen molar-refractivity contribution in [2.24, 2.45) is 0 Å². The first kappa shape index (κ1) is 13.3. The molecule has 2 saturated heterocycles. The van der Waals surface area contributed by atoms with Crippen LogP contribution < -0.4 is 5.32 Å². The lowest BCUT2D eigenvalue weighted by atomic mass is 10.0. The SMILES string of the molecule is CC1CCCCCN1C(C)CC1COCCN1. The van der Waals surface area contributed by atoms with Gasteiger partial charge in [0.1, 0.15) is 0 Å². The number of hydrogen-bond acceptors (Lipinski definition) is 3. The van der Waals surface area contributed by atoms with Gasteiger partial charge < -0.3 is 10.1 Å². The van der Waals surface area contributed by atoms with E-state index in [-0.39, 0.29) is 0 Å².